The highest BCUT2D eigenvalue weighted by atomic mass is 32.2. The fourth-order valence-electron chi connectivity index (χ4n) is 3.47. The molecule has 0 amide bonds. The van der Waals surface area contributed by atoms with Gasteiger partial charge in [-0.3, -0.25) is 4.79 Å². The summed E-state index contributed by atoms with van der Waals surface area (Å²) in [6.45, 7) is 0. The van der Waals surface area contributed by atoms with Crippen molar-refractivity contribution in [1.29, 1.82) is 0 Å². The summed E-state index contributed by atoms with van der Waals surface area (Å²) in [7, 11) is -2.97. The van der Waals surface area contributed by atoms with Crippen molar-refractivity contribution in [2.45, 2.75) is 62.3 Å². The van der Waals surface area contributed by atoms with Gasteiger partial charge in [-0.05, 0) is 44.4 Å². The molecule has 110 valence electrons. The number of rotatable bonds is 3. The van der Waals surface area contributed by atoms with Crippen molar-refractivity contribution in [1.82, 2.24) is 5.32 Å². The zero-order chi connectivity index (χ0) is 14.0. The summed E-state index contributed by atoms with van der Waals surface area (Å²) in [4.78, 5) is 11.0. The smallest absolute Gasteiger partial charge is 0.320 e. The number of sulfone groups is 1. The van der Waals surface area contributed by atoms with Crippen molar-refractivity contribution in [3.05, 3.63) is 0 Å². The first-order chi connectivity index (χ1) is 8.88. The number of carboxylic acid groups (broad SMARTS) is 1. The molecule has 19 heavy (non-hydrogen) atoms. The second kappa shape index (κ2) is 5.79. The van der Waals surface area contributed by atoms with Crippen molar-refractivity contribution in [3.63, 3.8) is 0 Å². The van der Waals surface area contributed by atoms with E-state index in [0.717, 1.165) is 32.1 Å². The SMILES string of the molecule is CS(=O)(=O)C1CCCC(C2CCCC(C(=O)O)N2)C1. The molecule has 1 aliphatic heterocycles. The van der Waals surface area contributed by atoms with E-state index in [-0.39, 0.29) is 11.3 Å². The van der Waals surface area contributed by atoms with E-state index >= 15 is 0 Å². The van der Waals surface area contributed by atoms with Gasteiger partial charge in [0.15, 0.2) is 0 Å². The minimum Gasteiger partial charge on any atom is -0.480 e. The van der Waals surface area contributed by atoms with Gasteiger partial charge in [0.1, 0.15) is 15.9 Å². The summed E-state index contributed by atoms with van der Waals surface area (Å²) in [6.07, 6.45) is 7.24. The van der Waals surface area contributed by atoms with Crippen LogP contribution in [0.1, 0.15) is 44.9 Å². The van der Waals surface area contributed by atoms with E-state index in [1.54, 1.807) is 0 Å². The van der Waals surface area contributed by atoms with Crippen LogP contribution in [0.15, 0.2) is 0 Å². The van der Waals surface area contributed by atoms with Crippen LogP contribution in [-0.2, 0) is 14.6 Å². The van der Waals surface area contributed by atoms with E-state index in [9.17, 15) is 13.2 Å². The Hall–Kier alpha value is -0.620. The van der Waals surface area contributed by atoms with Gasteiger partial charge in [-0.15, -0.1) is 0 Å². The van der Waals surface area contributed by atoms with E-state index in [4.69, 9.17) is 5.11 Å². The van der Waals surface area contributed by atoms with Crippen molar-refractivity contribution in [2.75, 3.05) is 6.26 Å². The second-order valence-corrected chi connectivity index (χ2v) is 8.30. The molecule has 4 atom stereocenters. The Balaban J connectivity index is 1.99. The Kier molecular flexibility index (Phi) is 4.50. The molecule has 2 fully saturated rings. The molecular weight excluding hydrogens is 266 g/mol. The number of carbonyl (C=O) groups is 1. The van der Waals surface area contributed by atoms with Gasteiger partial charge in [0, 0.05) is 12.3 Å². The summed E-state index contributed by atoms with van der Waals surface area (Å²) in [5, 5.41) is 12.0. The highest BCUT2D eigenvalue weighted by Crippen LogP contribution is 2.33. The van der Waals surface area contributed by atoms with Crippen LogP contribution in [0, 0.1) is 5.92 Å². The zero-order valence-corrected chi connectivity index (χ0v) is 12.2. The Labute approximate surface area is 114 Å². The molecule has 0 bridgehead atoms. The molecule has 5 nitrogen and oxygen atoms in total. The van der Waals surface area contributed by atoms with Crippen LogP contribution in [0.25, 0.3) is 0 Å². The maximum Gasteiger partial charge on any atom is 0.320 e. The van der Waals surface area contributed by atoms with Crippen molar-refractivity contribution in [2.24, 2.45) is 5.92 Å². The van der Waals surface area contributed by atoms with Gasteiger partial charge < -0.3 is 10.4 Å². The second-order valence-electron chi connectivity index (χ2n) is 5.97. The molecule has 0 radical (unpaired) electrons. The van der Waals surface area contributed by atoms with Crippen LogP contribution < -0.4 is 5.32 Å². The van der Waals surface area contributed by atoms with Crippen LogP contribution in [0.5, 0.6) is 0 Å². The molecule has 0 spiro atoms. The predicted octanol–water partition coefficient (Wildman–Crippen LogP) is 1.19. The number of hydrogen-bond acceptors (Lipinski definition) is 4. The first-order valence-electron chi connectivity index (χ1n) is 7.05. The summed E-state index contributed by atoms with van der Waals surface area (Å²) in [5.74, 6) is -0.490. The van der Waals surface area contributed by atoms with Gasteiger partial charge in [-0.2, -0.15) is 0 Å². The van der Waals surface area contributed by atoms with E-state index in [2.05, 4.69) is 5.32 Å². The summed E-state index contributed by atoms with van der Waals surface area (Å²) < 4.78 is 23.3. The monoisotopic (exact) mass is 289 g/mol. The molecule has 0 aromatic carbocycles. The van der Waals surface area contributed by atoms with Gasteiger partial charge in [-0.25, -0.2) is 8.42 Å². The number of nitrogens with one attached hydrogen (secondary N) is 1. The largest absolute Gasteiger partial charge is 0.480 e. The zero-order valence-electron chi connectivity index (χ0n) is 11.3. The lowest BCUT2D eigenvalue weighted by atomic mass is 9.79. The Bertz CT molecular complexity index is 434. The fraction of sp³-hybridized carbons (Fsp3) is 0.923. The maximum atomic E-state index is 11.7. The third-order valence-corrected chi connectivity index (χ3v) is 6.20. The van der Waals surface area contributed by atoms with Crippen LogP contribution >= 0.6 is 0 Å². The average Bonchev–Trinajstić information content (AvgIpc) is 2.38. The van der Waals surface area contributed by atoms with Crippen LogP contribution in [0.4, 0.5) is 0 Å². The van der Waals surface area contributed by atoms with Crippen molar-refractivity contribution < 1.29 is 18.3 Å². The molecule has 0 aromatic rings. The van der Waals surface area contributed by atoms with E-state index in [1.807, 2.05) is 0 Å². The van der Waals surface area contributed by atoms with Gasteiger partial charge in [0.05, 0.1) is 5.25 Å². The topological polar surface area (TPSA) is 83.5 Å². The maximum absolute atomic E-state index is 11.7. The Morgan fingerprint density at radius 3 is 2.47 bits per heavy atom. The van der Waals surface area contributed by atoms with Crippen LogP contribution in [0.2, 0.25) is 0 Å². The van der Waals surface area contributed by atoms with Gasteiger partial charge in [0.2, 0.25) is 0 Å². The summed E-state index contributed by atoms with van der Waals surface area (Å²) in [5.41, 5.74) is 0. The van der Waals surface area contributed by atoms with Gasteiger partial charge in [0.25, 0.3) is 0 Å². The van der Waals surface area contributed by atoms with E-state index in [0.29, 0.717) is 18.8 Å². The third kappa shape index (κ3) is 3.69. The highest BCUT2D eigenvalue weighted by Gasteiger charge is 2.36. The molecule has 4 unspecified atom stereocenters. The Morgan fingerprint density at radius 2 is 1.84 bits per heavy atom. The summed E-state index contributed by atoms with van der Waals surface area (Å²) >= 11 is 0. The normalized spacial score (nSPS) is 36.9. The van der Waals surface area contributed by atoms with E-state index in [1.165, 1.54) is 6.26 Å². The molecule has 1 heterocycles. The minimum absolute atomic E-state index is 0.166. The number of carboxylic acids is 1. The first kappa shape index (κ1) is 14.8. The molecule has 2 rings (SSSR count). The van der Waals surface area contributed by atoms with E-state index < -0.39 is 21.8 Å². The summed E-state index contributed by atoms with van der Waals surface area (Å²) in [6, 6.07) is -0.295. The van der Waals surface area contributed by atoms with Crippen LogP contribution in [-0.4, -0.2) is 43.1 Å². The lowest BCUT2D eigenvalue weighted by Gasteiger charge is -2.38. The molecule has 2 aliphatic rings. The molecule has 2 N–H and O–H groups in total. The van der Waals surface area contributed by atoms with Crippen molar-refractivity contribution in [3.8, 4) is 0 Å². The lowest BCUT2D eigenvalue weighted by molar-refractivity contribution is -0.140. The Morgan fingerprint density at radius 1 is 1.16 bits per heavy atom. The van der Waals surface area contributed by atoms with Gasteiger partial charge >= 0.3 is 5.97 Å². The first-order valence-corrected chi connectivity index (χ1v) is 9.01. The average molecular weight is 289 g/mol. The van der Waals surface area contributed by atoms with Crippen LogP contribution in [0.3, 0.4) is 0 Å². The molecule has 0 aromatic heterocycles. The molecular formula is C13H23NO4S. The molecule has 6 heteroatoms. The number of aliphatic carboxylic acids is 1. The molecule has 1 saturated heterocycles. The third-order valence-electron chi connectivity index (χ3n) is 4.56. The molecule has 1 saturated carbocycles. The fourth-order valence-corrected chi connectivity index (χ4v) is 4.66. The predicted molar refractivity (Wildman–Crippen MR) is 72.8 cm³/mol. The van der Waals surface area contributed by atoms with Gasteiger partial charge in [-0.1, -0.05) is 6.42 Å². The number of piperidine rings is 1. The van der Waals surface area contributed by atoms with Crippen molar-refractivity contribution >= 4 is 15.8 Å². The number of hydrogen-bond donors (Lipinski definition) is 2. The molecule has 1 aliphatic carbocycles. The quantitative estimate of drug-likeness (QED) is 0.815. The standard InChI is InChI=1S/C13H23NO4S/c1-19(17,18)10-5-2-4-9(8-10)11-6-3-7-12(14-11)13(15)16/h9-12,14H,2-8H2,1H3,(H,15,16). The lowest BCUT2D eigenvalue weighted by Crippen LogP contribution is -2.51. The minimum atomic E-state index is -2.97. The highest BCUT2D eigenvalue weighted by molar-refractivity contribution is 7.91.